The summed E-state index contributed by atoms with van der Waals surface area (Å²) in [4.78, 5) is 0. The summed E-state index contributed by atoms with van der Waals surface area (Å²) >= 11 is 0. The van der Waals surface area contributed by atoms with E-state index in [4.69, 9.17) is 0 Å². The van der Waals surface area contributed by atoms with Gasteiger partial charge in [-0.05, 0) is 43.6 Å². The van der Waals surface area contributed by atoms with Crippen molar-refractivity contribution in [2.75, 3.05) is 0 Å². The lowest BCUT2D eigenvalue weighted by Crippen LogP contribution is -2.09. The van der Waals surface area contributed by atoms with Crippen LogP contribution in [0.25, 0.3) is 0 Å². The fourth-order valence-corrected chi connectivity index (χ4v) is 2.70. The van der Waals surface area contributed by atoms with Crippen LogP contribution in [-0.4, -0.2) is 0 Å². The predicted molar refractivity (Wildman–Crippen MR) is 80.3 cm³/mol. The molecule has 0 bridgehead atoms. The van der Waals surface area contributed by atoms with E-state index in [1.165, 1.54) is 37.7 Å². The van der Waals surface area contributed by atoms with E-state index in [-0.39, 0.29) is 0 Å². The maximum absolute atomic E-state index is 4.20. The minimum atomic E-state index is 0.659. The Bertz CT molecular complexity index is 257. The Morgan fingerprint density at radius 3 is 2.00 bits per heavy atom. The zero-order valence-electron chi connectivity index (χ0n) is 12.9. The number of allylic oxidation sites excluding steroid dienone is 3. The first-order valence-electron chi connectivity index (χ1n) is 7.38. The first-order chi connectivity index (χ1) is 7.99. The van der Waals surface area contributed by atoms with Gasteiger partial charge in [-0.2, -0.15) is 0 Å². The van der Waals surface area contributed by atoms with Gasteiger partial charge in [0.25, 0.3) is 0 Å². The highest BCUT2D eigenvalue weighted by Gasteiger charge is 2.17. The summed E-state index contributed by atoms with van der Waals surface area (Å²) in [5.41, 5.74) is 4.48. The molecule has 2 unspecified atom stereocenters. The maximum atomic E-state index is 4.20. The Balaban J connectivity index is 5.13. The van der Waals surface area contributed by atoms with Gasteiger partial charge in [0, 0.05) is 0 Å². The molecule has 0 heteroatoms. The van der Waals surface area contributed by atoms with Crippen LogP contribution in [0.3, 0.4) is 0 Å². The van der Waals surface area contributed by atoms with E-state index in [0.29, 0.717) is 5.92 Å². The van der Waals surface area contributed by atoms with Crippen molar-refractivity contribution in [3.63, 3.8) is 0 Å². The van der Waals surface area contributed by atoms with Crippen LogP contribution in [0.1, 0.15) is 73.6 Å². The van der Waals surface area contributed by atoms with Crippen LogP contribution >= 0.6 is 0 Å². The number of hydrogen-bond donors (Lipinski definition) is 0. The summed E-state index contributed by atoms with van der Waals surface area (Å²) in [6.07, 6.45) is 6.36. The van der Waals surface area contributed by atoms with Crippen LogP contribution < -0.4 is 0 Å². The molecule has 0 aromatic rings. The molecule has 17 heavy (non-hydrogen) atoms. The number of unbranched alkanes of at least 4 members (excludes halogenated alkanes) is 1. The van der Waals surface area contributed by atoms with Crippen LogP contribution in [-0.2, 0) is 0 Å². The summed E-state index contributed by atoms with van der Waals surface area (Å²) in [7, 11) is 0. The SMILES string of the molecule is C=C(C)C(=C(CC)C(C)CCCC)C(C)CC. The van der Waals surface area contributed by atoms with Gasteiger partial charge in [0.05, 0.1) is 0 Å². The highest BCUT2D eigenvalue weighted by Crippen LogP contribution is 2.32. The second-order valence-corrected chi connectivity index (χ2v) is 5.43. The average Bonchev–Trinajstić information content (AvgIpc) is 2.31. The molecule has 0 aliphatic rings. The zero-order chi connectivity index (χ0) is 13.4. The van der Waals surface area contributed by atoms with Crippen molar-refractivity contribution in [3.8, 4) is 0 Å². The van der Waals surface area contributed by atoms with E-state index in [1.54, 1.807) is 11.1 Å². The Morgan fingerprint density at radius 2 is 1.65 bits per heavy atom. The normalized spacial score (nSPS) is 16.4. The van der Waals surface area contributed by atoms with Gasteiger partial charge in [0.15, 0.2) is 0 Å². The molecule has 100 valence electrons. The lowest BCUT2D eigenvalue weighted by Gasteiger charge is -2.24. The van der Waals surface area contributed by atoms with Crippen molar-refractivity contribution < 1.29 is 0 Å². The average molecular weight is 236 g/mol. The molecule has 2 atom stereocenters. The van der Waals surface area contributed by atoms with Crippen molar-refractivity contribution in [1.82, 2.24) is 0 Å². The monoisotopic (exact) mass is 236 g/mol. The molecule has 0 aliphatic carbocycles. The van der Waals surface area contributed by atoms with Gasteiger partial charge >= 0.3 is 0 Å². The van der Waals surface area contributed by atoms with Crippen molar-refractivity contribution in [1.29, 1.82) is 0 Å². The largest absolute Gasteiger partial charge is 0.0958 e. The van der Waals surface area contributed by atoms with E-state index >= 15 is 0 Å². The van der Waals surface area contributed by atoms with E-state index in [9.17, 15) is 0 Å². The van der Waals surface area contributed by atoms with Gasteiger partial charge in [-0.3, -0.25) is 0 Å². The third-order valence-electron chi connectivity index (χ3n) is 3.88. The lowest BCUT2D eigenvalue weighted by molar-refractivity contribution is 0.538. The quantitative estimate of drug-likeness (QED) is 0.444. The molecule has 0 saturated carbocycles. The van der Waals surface area contributed by atoms with E-state index < -0.39 is 0 Å². The molecule has 0 nitrogen and oxygen atoms in total. The minimum absolute atomic E-state index is 0.659. The minimum Gasteiger partial charge on any atom is -0.0958 e. The molecule has 0 radical (unpaired) electrons. The molecule has 0 N–H and O–H groups in total. The smallest absolute Gasteiger partial charge is 0.0191 e. The first kappa shape index (κ1) is 16.5. The second-order valence-electron chi connectivity index (χ2n) is 5.43. The lowest BCUT2D eigenvalue weighted by atomic mass is 9.81. The van der Waals surface area contributed by atoms with Gasteiger partial charge < -0.3 is 0 Å². The first-order valence-corrected chi connectivity index (χ1v) is 7.38. The summed E-state index contributed by atoms with van der Waals surface area (Å²) in [6.45, 7) is 17.9. The summed E-state index contributed by atoms with van der Waals surface area (Å²) in [6, 6.07) is 0. The third-order valence-corrected chi connectivity index (χ3v) is 3.88. The van der Waals surface area contributed by atoms with Crippen LogP contribution in [0.5, 0.6) is 0 Å². The molecule has 0 aliphatic heterocycles. The molecular formula is C17H32. The van der Waals surface area contributed by atoms with E-state index in [0.717, 1.165) is 5.92 Å². The summed E-state index contributed by atoms with van der Waals surface area (Å²) < 4.78 is 0. The molecule has 0 saturated heterocycles. The predicted octanol–water partition coefficient (Wildman–Crippen LogP) is 6.14. The van der Waals surface area contributed by atoms with Gasteiger partial charge in [-0.25, -0.2) is 0 Å². The molecule has 0 fully saturated rings. The highest BCUT2D eigenvalue weighted by atomic mass is 14.2. The highest BCUT2D eigenvalue weighted by molar-refractivity contribution is 5.34. The van der Waals surface area contributed by atoms with Crippen LogP contribution in [0.4, 0.5) is 0 Å². The van der Waals surface area contributed by atoms with Crippen LogP contribution in [0.2, 0.25) is 0 Å². The molecule has 0 aromatic carbocycles. The van der Waals surface area contributed by atoms with Crippen molar-refractivity contribution >= 4 is 0 Å². The fraction of sp³-hybridized carbons (Fsp3) is 0.765. The van der Waals surface area contributed by atoms with Crippen LogP contribution in [0, 0.1) is 11.8 Å². The Kier molecular flexibility index (Phi) is 8.29. The molecule has 0 spiro atoms. The topological polar surface area (TPSA) is 0 Å². The second kappa shape index (κ2) is 8.55. The Labute approximate surface area is 109 Å². The molecule has 0 heterocycles. The van der Waals surface area contributed by atoms with E-state index in [2.05, 4.69) is 48.1 Å². The van der Waals surface area contributed by atoms with Crippen molar-refractivity contribution in [2.45, 2.75) is 73.6 Å². The van der Waals surface area contributed by atoms with Crippen molar-refractivity contribution in [3.05, 3.63) is 23.3 Å². The zero-order valence-corrected chi connectivity index (χ0v) is 12.9. The summed E-state index contributed by atoms with van der Waals surface area (Å²) in [5.74, 6) is 1.38. The van der Waals surface area contributed by atoms with Crippen LogP contribution in [0.15, 0.2) is 23.3 Å². The molecule has 0 amide bonds. The van der Waals surface area contributed by atoms with Crippen molar-refractivity contribution in [2.24, 2.45) is 11.8 Å². The van der Waals surface area contributed by atoms with Gasteiger partial charge in [-0.15, -0.1) is 0 Å². The third kappa shape index (κ3) is 5.10. The van der Waals surface area contributed by atoms with E-state index in [1.807, 2.05) is 0 Å². The van der Waals surface area contributed by atoms with Gasteiger partial charge in [-0.1, -0.05) is 65.2 Å². The van der Waals surface area contributed by atoms with Gasteiger partial charge in [0.1, 0.15) is 0 Å². The standard InChI is InChI=1S/C17H32/c1-8-11-12-15(7)16(10-3)17(13(4)5)14(6)9-2/h14-15H,4,8-12H2,1-3,5-7H3. The molecular weight excluding hydrogens is 204 g/mol. The number of rotatable bonds is 8. The fourth-order valence-electron chi connectivity index (χ4n) is 2.70. The molecule has 0 rings (SSSR count). The Hall–Kier alpha value is -0.520. The number of hydrogen-bond acceptors (Lipinski definition) is 0. The maximum Gasteiger partial charge on any atom is -0.0191 e. The Morgan fingerprint density at radius 1 is 1.06 bits per heavy atom. The van der Waals surface area contributed by atoms with Gasteiger partial charge in [0.2, 0.25) is 0 Å². The molecule has 0 aromatic heterocycles. The summed E-state index contributed by atoms with van der Waals surface area (Å²) in [5, 5.41) is 0.